The van der Waals surface area contributed by atoms with Gasteiger partial charge in [0.25, 0.3) is 0 Å². The van der Waals surface area contributed by atoms with Gasteiger partial charge in [-0.05, 0) is 47.2 Å². The molecular formula is C16H25N5O. The Morgan fingerprint density at radius 1 is 1.27 bits per heavy atom. The molecule has 6 nitrogen and oxygen atoms in total. The van der Waals surface area contributed by atoms with Crippen LogP contribution < -0.4 is 0 Å². The molecule has 22 heavy (non-hydrogen) atoms. The first-order valence-electron chi connectivity index (χ1n) is 8.00. The highest BCUT2D eigenvalue weighted by Gasteiger charge is 2.34. The van der Waals surface area contributed by atoms with E-state index in [2.05, 4.69) is 40.7 Å². The van der Waals surface area contributed by atoms with Crippen molar-refractivity contribution in [2.45, 2.75) is 52.2 Å². The van der Waals surface area contributed by atoms with Gasteiger partial charge in [0.1, 0.15) is 5.82 Å². The SMILES string of the molecule is CC1=C(C(=O)N2Cc3nnc(C)n3CC2CN(C)C)CCC1. The maximum Gasteiger partial charge on any atom is 0.250 e. The summed E-state index contributed by atoms with van der Waals surface area (Å²) in [4.78, 5) is 17.2. The van der Waals surface area contributed by atoms with E-state index in [-0.39, 0.29) is 11.9 Å². The molecule has 0 aromatic carbocycles. The number of hydrogen-bond donors (Lipinski definition) is 0. The molecule has 1 aliphatic carbocycles. The number of aromatic nitrogens is 3. The summed E-state index contributed by atoms with van der Waals surface area (Å²) in [5.41, 5.74) is 2.28. The average molecular weight is 303 g/mol. The topological polar surface area (TPSA) is 54.3 Å². The molecule has 120 valence electrons. The van der Waals surface area contributed by atoms with Gasteiger partial charge >= 0.3 is 0 Å². The van der Waals surface area contributed by atoms with E-state index < -0.39 is 0 Å². The summed E-state index contributed by atoms with van der Waals surface area (Å²) in [6.45, 7) is 6.27. The van der Waals surface area contributed by atoms with Gasteiger partial charge in [0.2, 0.25) is 5.91 Å². The Hall–Kier alpha value is -1.69. The Morgan fingerprint density at radius 3 is 2.68 bits per heavy atom. The predicted molar refractivity (Wildman–Crippen MR) is 84.2 cm³/mol. The minimum Gasteiger partial charge on any atom is -0.325 e. The van der Waals surface area contributed by atoms with E-state index in [1.165, 1.54) is 5.57 Å². The number of nitrogens with zero attached hydrogens (tertiary/aromatic N) is 5. The van der Waals surface area contributed by atoms with E-state index >= 15 is 0 Å². The first kappa shape index (κ1) is 15.2. The smallest absolute Gasteiger partial charge is 0.250 e. The van der Waals surface area contributed by atoms with E-state index in [9.17, 15) is 4.79 Å². The predicted octanol–water partition coefficient (Wildman–Crippen LogP) is 1.36. The van der Waals surface area contributed by atoms with Gasteiger partial charge in [0.05, 0.1) is 12.6 Å². The number of amides is 1. The van der Waals surface area contributed by atoms with Crippen LogP contribution in [0.4, 0.5) is 0 Å². The summed E-state index contributed by atoms with van der Waals surface area (Å²) >= 11 is 0. The molecule has 3 rings (SSSR count). The monoisotopic (exact) mass is 303 g/mol. The minimum absolute atomic E-state index is 0.172. The summed E-state index contributed by atoms with van der Waals surface area (Å²) < 4.78 is 2.15. The van der Waals surface area contributed by atoms with Crippen LogP contribution in [-0.2, 0) is 17.9 Å². The number of hydrogen-bond acceptors (Lipinski definition) is 4. The highest BCUT2D eigenvalue weighted by atomic mass is 16.2. The zero-order valence-electron chi connectivity index (χ0n) is 14.0. The molecule has 1 amide bonds. The molecule has 0 fully saturated rings. The number of aryl methyl sites for hydroxylation is 1. The lowest BCUT2D eigenvalue weighted by Gasteiger charge is -2.38. The van der Waals surface area contributed by atoms with Crippen molar-refractivity contribution in [3.63, 3.8) is 0 Å². The van der Waals surface area contributed by atoms with Crippen molar-refractivity contribution >= 4 is 5.91 Å². The van der Waals surface area contributed by atoms with E-state index in [1.54, 1.807) is 0 Å². The zero-order valence-corrected chi connectivity index (χ0v) is 14.0. The van der Waals surface area contributed by atoms with Gasteiger partial charge in [-0.15, -0.1) is 10.2 Å². The molecule has 1 atom stereocenters. The molecule has 6 heteroatoms. The standard InChI is InChI=1S/C16H25N5O/c1-11-6-5-7-14(11)16(22)21-10-15-18-17-12(2)20(15)9-13(21)8-19(3)4/h13H,5-10H2,1-4H3. The molecule has 1 aromatic rings. The second kappa shape index (κ2) is 5.83. The highest BCUT2D eigenvalue weighted by molar-refractivity contribution is 5.94. The lowest BCUT2D eigenvalue weighted by Crippen LogP contribution is -2.51. The van der Waals surface area contributed by atoms with Crippen molar-refractivity contribution in [1.82, 2.24) is 24.6 Å². The van der Waals surface area contributed by atoms with E-state index in [0.29, 0.717) is 6.54 Å². The number of likely N-dealkylation sites (N-methyl/N-ethyl adjacent to an activating group) is 1. The lowest BCUT2D eigenvalue weighted by atomic mass is 10.1. The van der Waals surface area contributed by atoms with Crippen LogP contribution in [0.25, 0.3) is 0 Å². The molecule has 0 saturated carbocycles. The highest BCUT2D eigenvalue weighted by Crippen LogP contribution is 2.29. The molecule has 1 aliphatic heterocycles. The van der Waals surface area contributed by atoms with Crippen molar-refractivity contribution in [3.05, 3.63) is 22.8 Å². The summed E-state index contributed by atoms with van der Waals surface area (Å²) in [5.74, 6) is 2.04. The summed E-state index contributed by atoms with van der Waals surface area (Å²) in [5, 5.41) is 8.41. The van der Waals surface area contributed by atoms with Crippen molar-refractivity contribution in [3.8, 4) is 0 Å². The first-order valence-corrected chi connectivity index (χ1v) is 8.00. The molecule has 2 heterocycles. The van der Waals surface area contributed by atoms with Crippen LogP contribution in [0.1, 0.15) is 37.8 Å². The first-order chi connectivity index (χ1) is 10.5. The van der Waals surface area contributed by atoms with Crippen molar-refractivity contribution in [1.29, 1.82) is 0 Å². The van der Waals surface area contributed by atoms with Crippen molar-refractivity contribution in [2.24, 2.45) is 0 Å². The molecule has 2 aliphatic rings. The van der Waals surface area contributed by atoms with E-state index in [4.69, 9.17) is 0 Å². The van der Waals surface area contributed by atoms with Gasteiger partial charge in [-0.2, -0.15) is 0 Å². The van der Waals surface area contributed by atoms with Gasteiger partial charge in [-0.3, -0.25) is 4.79 Å². The van der Waals surface area contributed by atoms with E-state index in [1.807, 2.05) is 11.8 Å². The molecular weight excluding hydrogens is 278 g/mol. The van der Waals surface area contributed by atoms with Crippen LogP contribution in [0.5, 0.6) is 0 Å². The maximum atomic E-state index is 13.0. The molecule has 0 spiro atoms. The molecule has 1 aromatic heterocycles. The third-order valence-electron chi connectivity index (χ3n) is 4.75. The van der Waals surface area contributed by atoms with Gasteiger partial charge in [0, 0.05) is 18.7 Å². The van der Waals surface area contributed by atoms with Crippen LogP contribution in [0.15, 0.2) is 11.1 Å². The lowest BCUT2D eigenvalue weighted by molar-refractivity contribution is -0.132. The van der Waals surface area contributed by atoms with Gasteiger partial charge in [0.15, 0.2) is 5.82 Å². The third kappa shape index (κ3) is 2.67. The summed E-state index contributed by atoms with van der Waals surface area (Å²) in [6, 6.07) is 0.172. The number of rotatable bonds is 3. The average Bonchev–Trinajstić information content (AvgIpc) is 3.04. The van der Waals surface area contributed by atoms with Gasteiger partial charge in [-0.25, -0.2) is 0 Å². The van der Waals surface area contributed by atoms with Gasteiger partial charge in [-0.1, -0.05) is 5.57 Å². The Labute approximate surface area is 131 Å². The Bertz CT molecular complexity index is 616. The summed E-state index contributed by atoms with van der Waals surface area (Å²) in [7, 11) is 4.11. The molecule has 0 N–H and O–H groups in total. The normalized spacial score (nSPS) is 21.7. The number of allylic oxidation sites excluding steroid dienone is 1. The number of carbonyl (C=O) groups is 1. The van der Waals surface area contributed by atoms with Crippen molar-refractivity contribution in [2.75, 3.05) is 20.6 Å². The fraction of sp³-hybridized carbons (Fsp3) is 0.688. The van der Waals surface area contributed by atoms with Crippen LogP contribution in [0, 0.1) is 6.92 Å². The number of fused-ring (bicyclic) bond motifs is 1. The van der Waals surface area contributed by atoms with Crippen molar-refractivity contribution < 1.29 is 4.79 Å². The largest absolute Gasteiger partial charge is 0.325 e. The molecule has 0 saturated heterocycles. The fourth-order valence-electron chi connectivity index (χ4n) is 3.54. The quantitative estimate of drug-likeness (QED) is 0.846. The maximum absolute atomic E-state index is 13.0. The van der Waals surface area contributed by atoms with E-state index in [0.717, 1.165) is 49.6 Å². The second-order valence-electron chi connectivity index (χ2n) is 6.74. The second-order valence-corrected chi connectivity index (χ2v) is 6.74. The van der Waals surface area contributed by atoms with Crippen LogP contribution in [0.3, 0.4) is 0 Å². The van der Waals surface area contributed by atoms with Crippen LogP contribution >= 0.6 is 0 Å². The van der Waals surface area contributed by atoms with Crippen LogP contribution in [-0.4, -0.2) is 57.2 Å². The Morgan fingerprint density at radius 2 is 2.05 bits per heavy atom. The minimum atomic E-state index is 0.172. The van der Waals surface area contributed by atoms with Crippen LogP contribution in [0.2, 0.25) is 0 Å². The fourth-order valence-corrected chi connectivity index (χ4v) is 3.54. The molecule has 0 bridgehead atoms. The Balaban J connectivity index is 1.90. The zero-order chi connectivity index (χ0) is 15.9. The molecule has 0 radical (unpaired) electrons. The summed E-state index contributed by atoms with van der Waals surface area (Å²) in [6.07, 6.45) is 3.08. The Kier molecular flexibility index (Phi) is 4.04. The molecule has 1 unspecified atom stereocenters. The third-order valence-corrected chi connectivity index (χ3v) is 4.75. The van der Waals surface area contributed by atoms with Gasteiger partial charge < -0.3 is 14.4 Å². The number of carbonyl (C=O) groups excluding carboxylic acids is 1.